The maximum Gasteiger partial charge on any atom is 0.150 e. The molecule has 1 aromatic rings. The molecule has 0 aliphatic heterocycles. The van der Waals surface area contributed by atoms with Crippen molar-refractivity contribution in [1.82, 2.24) is 5.32 Å². The molecule has 0 amide bonds. The van der Waals surface area contributed by atoms with E-state index in [1.807, 2.05) is 7.05 Å². The van der Waals surface area contributed by atoms with Crippen LogP contribution in [-0.2, 0) is 16.3 Å². The Morgan fingerprint density at radius 2 is 1.95 bits per heavy atom. The molecular weight excluding hydrogens is 289 g/mol. The second-order valence-electron chi connectivity index (χ2n) is 6.10. The third kappa shape index (κ3) is 4.51. The third-order valence-electron chi connectivity index (χ3n) is 4.58. The van der Waals surface area contributed by atoms with E-state index in [-0.39, 0.29) is 17.1 Å². The molecule has 0 aromatic heterocycles. The normalized spacial score (nSPS) is 24.7. The summed E-state index contributed by atoms with van der Waals surface area (Å²) in [6.07, 6.45) is 5.67. The number of hydrogen-bond donors (Lipinski definition) is 1. The summed E-state index contributed by atoms with van der Waals surface area (Å²) >= 11 is 0. The van der Waals surface area contributed by atoms with E-state index < -0.39 is 9.84 Å². The van der Waals surface area contributed by atoms with Crippen LogP contribution in [-0.4, -0.2) is 33.0 Å². The van der Waals surface area contributed by atoms with Gasteiger partial charge >= 0.3 is 0 Å². The lowest BCUT2D eigenvalue weighted by atomic mass is 9.81. The van der Waals surface area contributed by atoms with Gasteiger partial charge in [0, 0.05) is 12.3 Å². The Kier molecular flexibility index (Phi) is 5.38. The number of likely N-dealkylation sites (N-methyl/N-ethyl adjacent to an activating group) is 1. The third-order valence-corrected chi connectivity index (χ3v) is 6.22. The molecule has 3 nitrogen and oxygen atoms in total. The van der Waals surface area contributed by atoms with Crippen LogP contribution in [0.5, 0.6) is 0 Å². The molecule has 21 heavy (non-hydrogen) atoms. The molecule has 3 unspecified atom stereocenters. The Hall–Kier alpha value is -0.940. The SMILES string of the molecule is CNC(Cc1ccc(F)cc1)C1CCCC(S(C)(=O)=O)C1. The lowest BCUT2D eigenvalue weighted by Gasteiger charge is -2.34. The van der Waals surface area contributed by atoms with Crippen LogP contribution < -0.4 is 5.32 Å². The predicted octanol–water partition coefficient (Wildman–Crippen LogP) is 2.56. The van der Waals surface area contributed by atoms with E-state index in [0.29, 0.717) is 5.92 Å². The zero-order valence-electron chi connectivity index (χ0n) is 12.7. The highest BCUT2D eigenvalue weighted by molar-refractivity contribution is 7.91. The molecule has 2 rings (SSSR count). The van der Waals surface area contributed by atoms with Crippen molar-refractivity contribution >= 4 is 9.84 Å². The van der Waals surface area contributed by atoms with Gasteiger partial charge in [0.2, 0.25) is 0 Å². The van der Waals surface area contributed by atoms with Gasteiger partial charge in [0.15, 0.2) is 0 Å². The van der Waals surface area contributed by atoms with Crippen LogP contribution in [0.25, 0.3) is 0 Å². The van der Waals surface area contributed by atoms with Gasteiger partial charge in [-0.2, -0.15) is 0 Å². The monoisotopic (exact) mass is 313 g/mol. The van der Waals surface area contributed by atoms with Crippen molar-refractivity contribution in [2.75, 3.05) is 13.3 Å². The predicted molar refractivity (Wildman–Crippen MR) is 83.5 cm³/mol. The molecule has 1 aromatic carbocycles. The van der Waals surface area contributed by atoms with Crippen molar-refractivity contribution in [3.05, 3.63) is 35.6 Å². The highest BCUT2D eigenvalue weighted by atomic mass is 32.2. The molecule has 0 bridgehead atoms. The van der Waals surface area contributed by atoms with Gasteiger partial charge in [-0.05, 0) is 56.3 Å². The van der Waals surface area contributed by atoms with E-state index in [4.69, 9.17) is 0 Å². The van der Waals surface area contributed by atoms with Gasteiger partial charge in [-0.25, -0.2) is 12.8 Å². The van der Waals surface area contributed by atoms with E-state index >= 15 is 0 Å². The number of halogens is 1. The quantitative estimate of drug-likeness (QED) is 0.909. The second kappa shape index (κ2) is 6.88. The largest absolute Gasteiger partial charge is 0.316 e. The molecule has 0 radical (unpaired) electrons. The zero-order chi connectivity index (χ0) is 15.5. The molecule has 1 aliphatic rings. The van der Waals surface area contributed by atoms with Crippen LogP contribution >= 0.6 is 0 Å². The van der Waals surface area contributed by atoms with Crippen LogP contribution in [0, 0.1) is 11.7 Å². The first-order valence-corrected chi connectivity index (χ1v) is 9.46. The number of nitrogens with one attached hydrogen (secondary N) is 1. The number of sulfone groups is 1. The summed E-state index contributed by atoms with van der Waals surface area (Å²) in [6.45, 7) is 0. The van der Waals surface area contributed by atoms with E-state index in [1.54, 1.807) is 12.1 Å². The van der Waals surface area contributed by atoms with Crippen molar-refractivity contribution < 1.29 is 12.8 Å². The minimum atomic E-state index is -2.96. The fraction of sp³-hybridized carbons (Fsp3) is 0.625. The van der Waals surface area contributed by atoms with Gasteiger partial charge in [0.1, 0.15) is 15.7 Å². The Balaban J connectivity index is 2.04. The summed E-state index contributed by atoms with van der Waals surface area (Å²) in [6, 6.07) is 6.79. The molecule has 1 fully saturated rings. The zero-order valence-corrected chi connectivity index (χ0v) is 13.5. The second-order valence-corrected chi connectivity index (χ2v) is 8.43. The fourth-order valence-corrected chi connectivity index (χ4v) is 4.51. The minimum Gasteiger partial charge on any atom is -0.316 e. The van der Waals surface area contributed by atoms with Gasteiger partial charge in [-0.1, -0.05) is 18.6 Å². The molecule has 118 valence electrons. The van der Waals surface area contributed by atoms with Crippen LogP contribution in [0.1, 0.15) is 31.2 Å². The minimum absolute atomic E-state index is 0.208. The number of rotatable bonds is 5. The number of hydrogen-bond acceptors (Lipinski definition) is 3. The molecule has 0 spiro atoms. The number of benzene rings is 1. The molecule has 1 saturated carbocycles. The average Bonchev–Trinajstić information content (AvgIpc) is 2.46. The summed E-state index contributed by atoms with van der Waals surface area (Å²) in [4.78, 5) is 0. The summed E-state index contributed by atoms with van der Waals surface area (Å²) in [5, 5.41) is 3.11. The topological polar surface area (TPSA) is 46.2 Å². The fourth-order valence-electron chi connectivity index (χ4n) is 3.31. The highest BCUT2D eigenvalue weighted by Crippen LogP contribution is 2.31. The maximum atomic E-state index is 13.0. The van der Waals surface area contributed by atoms with Crippen molar-refractivity contribution in [1.29, 1.82) is 0 Å². The van der Waals surface area contributed by atoms with Gasteiger partial charge < -0.3 is 5.32 Å². The molecule has 5 heteroatoms. The van der Waals surface area contributed by atoms with Crippen molar-refractivity contribution in [2.45, 2.75) is 43.4 Å². The summed E-state index contributed by atoms with van der Waals surface area (Å²) in [7, 11) is -1.04. The summed E-state index contributed by atoms with van der Waals surface area (Å²) < 4.78 is 36.5. The standard InChI is InChI=1S/C16H24FNO2S/c1-18-16(10-12-6-8-14(17)9-7-12)13-4-3-5-15(11-13)21(2,19)20/h6-9,13,15-16,18H,3-5,10-11H2,1-2H3. The Morgan fingerprint density at radius 1 is 1.29 bits per heavy atom. The summed E-state index contributed by atoms with van der Waals surface area (Å²) in [5.41, 5.74) is 1.08. The Labute approximate surface area is 126 Å². The maximum absolute atomic E-state index is 13.0. The summed E-state index contributed by atoms with van der Waals surface area (Å²) in [5.74, 6) is 0.128. The first kappa shape index (κ1) is 16.4. The molecule has 0 heterocycles. The van der Waals surface area contributed by atoms with Crippen LogP contribution in [0.4, 0.5) is 4.39 Å². The Bertz CT molecular complexity index is 556. The smallest absolute Gasteiger partial charge is 0.150 e. The molecule has 3 atom stereocenters. The van der Waals surface area contributed by atoms with E-state index in [2.05, 4.69) is 5.32 Å². The van der Waals surface area contributed by atoms with Crippen LogP contribution in [0.2, 0.25) is 0 Å². The first-order chi connectivity index (χ1) is 9.90. The van der Waals surface area contributed by atoms with Crippen molar-refractivity contribution in [3.8, 4) is 0 Å². The van der Waals surface area contributed by atoms with E-state index in [1.165, 1.54) is 18.4 Å². The molecule has 0 saturated heterocycles. The van der Waals surface area contributed by atoms with Gasteiger partial charge in [-0.3, -0.25) is 0 Å². The van der Waals surface area contributed by atoms with Crippen LogP contribution in [0.3, 0.4) is 0 Å². The molecule has 1 aliphatic carbocycles. The van der Waals surface area contributed by atoms with E-state index in [0.717, 1.165) is 37.7 Å². The van der Waals surface area contributed by atoms with Gasteiger partial charge in [0.25, 0.3) is 0 Å². The lowest BCUT2D eigenvalue weighted by molar-refractivity contribution is 0.277. The van der Waals surface area contributed by atoms with Gasteiger partial charge in [-0.15, -0.1) is 0 Å². The lowest BCUT2D eigenvalue weighted by Crippen LogP contribution is -2.40. The highest BCUT2D eigenvalue weighted by Gasteiger charge is 2.32. The van der Waals surface area contributed by atoms with Crippen molar-refractivity contribution in [3.63, 3.8) is 0 Å². The van der Waals surface area contributed by atoms with Crippen molar-refractivity contribution in [2.24, 2.45) is 5.92 Å². The average molecular weight is 313 g/mol. The van der Waals surface area contributed by atoms with E-state index in [9.17, 15) is 12.8 Å². The van der Waals surface area contributed by atoms with Crippen LogP contribution in [0.15, 0.2) is 24.3 Å². The molecular formula is C16H24FNO2S. The molecule has 1 N–H and O–H groups in total. The van der Waals surface area contributed by atoms with Gasteiger partial charge in [0.05, 0.1) is 5.25 Å². The Morgan fingerprint density at radius 3 is 2.52 bits per heavy atom. The first-order valence-electron chi connectivity index (χ1n) is 7.50.